The second-order valence-electron chi connectivity index (χ2n) is 5.56. The maximum Gasteiger partial charge on any atom is 0.140 e. The van der Waals surface area contributed by atoms with Crippen LogP contribution in [0.25, 0.3) is 0 Å². The molecule has 0 bridgehead atoms. The summed E-state index contributed by atoms with van der Waals surface area (Å²) >= 11 is 6.21. The van der Waals surface area contributed by atoms with Crippen LogP contribution in [0, 0.1) is 0 Å². The molecule has 1 saturated carbocycles. The number of halogens is 1. The summed E-state index contributed by atoms with van der Waals surface area (Å²) in [5.41, 5.74) is 2.36. The van der Waals surface area contributed by atoms with Gasteiger partial charge >= 0.3 is 0 Å². The average molecular weight is 287 g/mol. The van der Waals surface area contributed by atoms with Gasteiger partial charge in [-0.1, -0.05) is 61.7 Å². The number of benzene rings is 1. The maximum absolute atomic E-state index is 6.21. The lowest BCUT2D eigenvalue weighted by Crippen LogP contribution is -2.37. The minimum absolute atomic E-state index is 0.0192. The van der Waals surface area contributed by atoms with Crippen LogP contribution < -0.4 is 0 Å². The molecule has 104 valence electrons. The van der Waals surface area contributed by atoms with Crippen LogP contribution in [-0.2, 0) is 11.8 Å². The molecular formula is C17H19ClN2. The van der Waals surface area contributed by atoms with E-state index in [9.17, 15) is 0 Å². The molecule has 1 aliphatic rings. The largest absolute Gasteiger partial charge is 0.237 e. The van der Waals surface area contributed by atoms with Crippen LogP contribution in [0.4, 0.5) is 0 Å². The zero-order chi connectivity index (χ0) is 14.0. The number of nitrogens with zero attached hydrogens (tertiary/aromatic N) is 2. The van der Waals surface area contributed by atoms with Gasteiger partial charge in [0.2, 0.25) is 0 Å². The Balaban J connectivity index is 2.06. The molecule has 3 rings (SSSR count). The van der Waals surface area contributed by atoms with Gasteiger partial charge in [-0.2, -0.15) is 0 Å². The van der Waals surface area contributed by atoms with Crippen molar-refractivity contribution in [2.75, 3.05) is 0 Å². The summed E-state index contributed by atoms with van der Waals surface area (Å²) < 4.78 is 0. The highest BCUT2D eigenvalue weighted by Gasteiger charge is 2.43. The summed E-state index contributed by atoms with van der Waals surface area (Å²) in [5, 5.41) is 0.570. The van der Waals surface area contributed by atoms with Gasteiger partial charge in [0.25, 0.3) is 0 Å². The molecule has 0 atom stereocenters. The normalized spacial score (nSPS) is 16.7. The first-order chi connectivity index (χ1) is 9.74. The second kappa shape index (κ2) is 5.53. The van der Waals surface area contributed by atoms with Gasteiger partial charge < -0.3 is 0 Å². The fourth-order valence-electron chi connectivity index (χ4n) is 2.99. The van der Waals surface area contributed by atoms with Crippen molar-refractivity contribution in [2.45, 2.75) is 44.4 Å². The van der Waals surface area contributed by atoms with Crippen molar-refractivity contribution in [3.8, 4) is 0 Å². The van der Waals surface area contributed by atoms with Crippen LogP contribution in [0.1, 0.15) is 49.7 Å². The highest BCUT2D eigenvalue weighted by Crippen LogP contribution is 2.47. The third-order valence-electron chi connectivity index (χ3n) is 4.22. The number of aryl methyl sites for hydroxylation is 1. The van der Waals surface area contributed by atoms with E-state index in [0.29, 0.717) is 5.15 Å². The predicted octanol–water partition coefficient (Wildman–Crippen LogP) is 4.55. The third-order valence-corrected chi connectivity index (χ3v) is 4.41. The van der Waals surface area contributed by atoms with Crippen LogP contribution in [-0.4, -0.2) is 9.97 Å². The quantitative estimate of drug-likeness (QED) is 0.771. The van der Waals surface area contributed by atoms with E-state index in [4.69, 9.17) is 16.6 Å². The molecule has 1 aromatic carbocycles. The third kappa shape index (κ3) is 2.33. The van der Waals surface area contributed by atoms with Gasteiger partial charge in [-0.25, -0.2) is 9.97 Å². The zero-order valence-electron chi connectivity index (χ0n) is 11.8. The van der Waals surface area contributed by atoms with Gasteiger partial charge in [0.15, 0.2) is 0 Å². The highest BCUT2D eigenvalue weighted by molar-refractivity contribution is 6.29. The molecule has 1 fully saturated rings. The molecule has 2 aromatic rings. The number of rotatable bonds is 4. The minimum Gasteiger partial charge on any atom is -0.237 e. The van der Waals surface area contributed by atoms with Crippen molar-refractivity contribution >= 4 is 11.6 Å². The molecule has 0 radical (unpaired) electrons. The molecule has 0 saturated heterocycles. The monoisotopic (exact) mass is 286 g/mol. The Morgan fingerprint density at radius 2 is 1.90 bits per heavy atom. The Kier molecular flexibility index (Phi) is 3.75. The van der Waals surface area contributed by atoms with Crippen molar-refractivity contribution in [3.63, 3.8) is 0 Å². The average Bonchev–Trinajstić information content (AvgIpc) is 2.38. The Bertz CT molecular complexity index is 591. The molecule has 20 heavy (non-hydrogen) atoms. The predicted molar refractivity (Wildman–Crippen MR) is 82.1 cm³/mol. The van der Waals surface area contributed by atoms with Crippen LogP contribution in [0.15, 0.2) is 36.4 Å². The molecule has 2 nitrogen and oxygen atoms in total. The molecule has 0 spiro atoms. The van der Waals surface area contributed by atoms with Crippen molar-refractivity contribution < 1.29 is 0 Å². The van der Waals surface area contributed by atoms with Crippen molar-refractivity contribution in [3.05, 3.63) is 58.6 Å². The number of hydrogen-bond acceptors (Lipinski definition) is 2. The van der Waals surface area contributed by atoms with Gasteiger partial charge in [-0.3, -0.25) is 0 Å². The van der Waals surface area contributed by atoms with Crippen LogP contribution >= 0.6 is 11.6 Å². The van der Waals surface area contributed by atoms with Gasteiger partial charge in [0, 0.05) is 5.69 Å². The van der Waals surface area contributed by atoms with Crippen LogP contribution in [0.2, 0.25) is 5.15 Å². The molecule has 1 aromatic heterocycles. The lowest BCUT2D eigenvalue weighted by atomic mass is 9.64. The van der Waals surface area contributed by atoms with E-state index in [-0.39, 0.29) is 5.41 Å². The molecule has 0 amide bonds. The molecular weight excluding hydrogens is 268 g/mol. The topological polar surface area (TPSA) is 25.8 Å². The maximum atomic E-state index is 6.21. The first kappa shape index (κ1) is 13.6. The van der Waals surface area contributed by atoms with Crippen LogP contribution in [0.5, 0.6) is 0 Å². The number of hydrogen-bond donors (Lipinski definition) is 0. The SMILES string of the molecule is CCCc1cc(Cl)nc(C2(c3ccccc3)CCC2)n1. The van der Waals surface area contributed by atoms with Gasteiger partial charge in [0.1, 0.15) is 11.0 Å². The van der Waals surface area contributed by atoms with E-state index in [1.54, 1.807) is 0 Å². The molecule has 0 N–H and O–H groups in total. The number of aromatic nitrogens is 2. The lowest BCUT2D eigenvalue weighted by Gasteiger charge is -2.41. The Labute approximate surface area is 125 Å². The first-order valence-electron chi connectivity index (χ1n) is 7.34. The molecule has 1 heterocycles. The molecule has 3 heteroatoms. The van der Waals surface area contributed by atoms with Gasteiger partial charge in [-0.15, -0.1) is 0 Å². The van der Waals surface area contributed by atoms with Crippen molar-refractivity contribution in [1.82, 2.24) is 9.97 Å². The standard InChI is InChI=1S/C17H19ClN2/c1-2-7-14-12-15(18)20-16(19-14)17(10-6-11-17)13-8-4-3-5-9-13/h3-5,8-9,12H,2,6-7,10-11H2,1H3. The Morgan fingerprint density at radius 1 is 1.15 bits per heavy atom. The summed E-state index contributed by atoms with van der Waals surface area (Å²) in [7, 11) is 0. The van der Waals surface area contributed by atoms with Gasteiger partial charge in [0.05, 0.1) is 5.41 Å². The summed E-state index contributed by atoms with van der Waals surface area (Å²) in [6.07, 6.45) is 5.49. The zero-order valence-corrected chi connectivity index (χ0v) is 12.5. The fraction of sp³-hybridized carbons (Fsp3) is 0.412. The summed E-state index contributed by atoms with van der Waals surface area (Å²) in [5.74, 6) is 0.908. The molecule has 0 aliphatic heterocycles. The van der Waals surface area contributed by atoms with Crippen LogP contribution in [0.3, 0.4) is 0 Å². The smallest absolute Gasteiger partial charge is 0.140 e. The first-order valence-corrected chi connectivity index (χ1v) is 7.72. The lowest BCUT2D eigenvalue weighted by molar-refractivity contribution is 0.284. The van der Waals surface area contributed by atoms with E-state index in [2.05, 4.69) is 42.2 Å². The van der Waals surface area contributed by atoms with E-state index >= 15 is 0 Å². The van der Waals surface area contributed by atoms with E-state index in [1.165, 1.54) is 12.0 Å². The molecule has 1 aliphatic carbocycles. The van der Waals surface area contributed by atoms with E-state index < -0.39 is 0 Å². The minimum atomic E-state index is -0.0192. The molecule has 0 unspecified atom stereocenters. The van der Waals surface area contributed by atoms with Crippen molar-refractivity contribution in [2.24, 2.45) is 0 Å². The summed E-state index contributed by atoms with van der Waals surface area (Å²) in [6, 6.07) is 12.5. The highest BCUT2D eigenvalue weighted by atomic mass is 35.5. The van der Waals surface area contributed by atoms with E-state index in [0.717, 1.165) is 37.2 Å². The fourth-order valence-corrected chi connectivity index (χ4v) is 3.20. The second-order valence-corrected chi connectivity index (χ2v) is 5.94. The summed E-state index contributed by atoms with van der Waals surface area (Å²) in [6.45, 7) is 2.16. The van der Waals surface area contributed by atoms with Crippen molar-refractivity contribution in [1.29, 1.82) is 0 Å². The Hall–Kier alpha value is -1.41. The van der Waals surface area contributed by atoms with Gasteiger partial charge in [-0.05, 0) is 30.9 Å². The van der Waals surface area contributed by atoms with E-state index in [1.807, 2.05) is 6.07 Å². The summed E-state index contributed by atoms with van der Waals surface area (Å²) in [4.78, 5) is 9.34. The Morgan fingerprint density at radius 3 is 2.50 bits per heavy atom.